The number of thiazole rings is 1. The number of hydrogen-bond acceptors (Lipinski definition) is 5. The summed E-state index contributed by atoms with van der Waals surface area (Å²) in [5.41, 5.74) is 1.82. The fourth-order valence-corrected chi connectivity index (χ4v) is 2.20. The van der Waals surface area contributed by atoms with E-state index >= 15 is 0 Å². The molecule has 0 aliphatic rings. The number of halogens is 1. The summed E-state index contributed by atoms with van der Waals surface area (Å²) in [4.78, 5) is 25.9. The standard InChI is InChI=1S/C12H10FN3O3S/c13-8-1-2-10(11(5-8)16(18)19)12(17)14-4-3-9-6-20-7-15-9/h1-2,5-7H,3-4H2,(H,14,17). The van der Waals surface area contributed by atoms with Gasteiger partial charge in [0.15, 0.2) is 0 Å². The summed E-state index contributed by atoms with van der Waals surface area (Å²) in [6.07, 6.45) is 0.532. The second-order valence-corrected chi connectivity index (χ2v) is 4.62. The van der Waals surface area contributed by atoms with Crippen LogP contribution in [0.2, 0.25) is 0 Å². The van der Waals surface area contributed by atoms with E-state index in [1.807, 2.05) is 5.38 Å². The predicted octanol–water partition coefficient (Wildman–Crippen LogP) is 2.16. The van der Waals surface area contributed by atoms with Crippen LogP contribution in [0.5, 0.6) is 0 Å². The van der Waals surface area contributed by atoms with Crippen LogP contribution in [0.3, 0.4) is 0 Å². The third-order valence-corrected chi connectivity index (χ3v) is 3.19. The van der Waals surface area contributed by atoms with Crippen LogP contribution in [0, 0.1) is 15.9 Å². The first-order valence-corrected chi connectivity index (χ1v) is 6.61. The zero-order chi connectivity index (χ0) is 14.5. The number of hydrogen-bond donors (Lipinski definition) is 1. The lowest BCUT2D eigenvalue weighted by atomic mass is 10.1. The van der Waals surface area contributed by atoms with Crippen molar-refractivity contribution >= 4 is 22.9 Å². The zero-order valence-electron chi connectivity index (χ0n) is 10.2. The molecule has 8 heteroatoms. The lowest BCUT2D eigenvalue weighted by Crippen LogP contribution is -2.26. The molecule has 104 valence electrons. The first-order chi connectivity index (χ1) is 9.58. The van der Waals surface area contributed by atoms with Crippen molar-refractivity contribution in [2.24, 2.45) is 0 Å². The number of aromatic nitrogens is 1. The highest BCUT2D eigenvalue weighted by molar-refractivity contribution is 7.07. The normalized spacial score (nSPS) is 10.2. The summed E-state index contributed by atoms with van der Waals surface area (Å²) in [5.74, 6) is -1.36. The summed E-state index contributed by atoms with van der Waals surface area (Å²) in [6.45, 7) is 0.303. The van der Waals surface area contributed by atoms with Crippen molar-refractivity contribution in [1.29, 1.82) is 0 Å². The van der Waals surface area contributed by atoms with Crippen LogP contribution >= 0.6 is 11.3 Å². The van der Waals surface area contributed by atoms with Gasteiger partial charge in [0.2, 0.25) is 0 Å². The number of nitro benzene ring substituents is 1. The maximum Gasteiger partial charge on any atom is 0.285 e. The van der Waals surface area contributed by atoms with Crippen LogP contribution in [-0.4, -0.2) is 22.4 Å². The Morgan fingerprint density at radius 1 is 1.50 bits per heavy atom. The maximum absolute atomic E-state index is 13.0. The molecule has 0 saturated carbocycles. The molecule has 0 atom stereocenters. The lowest BCUT2D eigenvalue weighted by Gasteiger charge is -2.05. The number of carbonyl (C=O) groups is 1. The van der Waals surface area contributed by atoms with Crippen molar-refractivity contribution in [3.63, 3.8) is 0 Å². The fourth-order valence-electron chi connectivity index (χ4n) is 1.61. The summed E-state index contributed by atoms with van der Waals surface area (Å²) < 4.78 is 13.0. The van der Waals surface area contributed by atoms with Gasteiger partial charge < -0.3 is 5.32 Å². The maximum atomic E-state index is 13.0. The smallest absolute Gasteiger partial charge is 0.285 e. The molecule has 0 fully saturated rings. The van der Waals surface area contributed by atoms with Gasteiger partial charge >= 0.3 is 0 Å². The molecule has 2 rings (SSSR count). The fraction of sp³-hybridized carbons (Fsp3) is 0.167. The van der Waals surface area contributed by atoms with E-state index in [-0.39, 0.29) is 5.56 Å². The number of amides is 1. The van der Waals surface area contributed by atoms with E-state index in [1.165, 1.54) is 11.3 Å². The molecule has 1 N–H and O–H groups in total. The van der Waals surface area contributed by atoms with Crippen LogP contribution in [-0.2, 0) is 6.42 Å². The summed E-state index contributed by atoms with van der Waals surface area (Å²) in [5, 5.41) is 15.2. The first-order valence-electron chi connectivity index (χ1n) is 5.67. The Morgan fingerprint density at radius 2 is 2.30 bits per heavy atom. The van der Waals surface area contributed by atoms with Crippen molar-refractivity contribution in [3.05, 3.63) is 56.3 Å². The van der Waals surface area contributed by atoms with Crippen molar-refractivity contribution < 1.29 is 14.1 Å². The quantitative estimate of drug-likeness (QED) is 0.676. The van der Waals surface area contributed by atoms with Crippen LogP contribution in [0.1, 0.15) is 16.1 Å². The Hall–Kier alpha value is -2.35. The van der Waals surface area contributed by atoms with Crippen LogP contribution in [0.4, 0.5) is 10.1 Å². The number of nitrogens with one attached hydrogen (secondary N) is 1. The van der Waals surface area contributed by atoms with Gasteiger partial charge in [0.25, 0.3) is 11.6 Å². The Bertz CT molecular complexity index is 631. The molecule has 1 aromatic carbocycles. The molecule has 0 bridgehead atoms. The highest BCUT2D eigenvalue weighted by atomic mass is 32.1. The number of rotatable bonds is 5. The van der Waals surface area contributed by atoms with Gasteiger partial charge in [-0.25, -0.2) is 9.37 Å². The molecule has 0 aliphatic heterocycles. The van der Waals surface area contributed by atoms with E-state index in [9.17, 15) is 19.3 Å². The summed E-state index contributed by atoms with van der Waals surface area (Å²) >= 11 is 1.45. The van der Waals surface area contributed by atoms with E-state index < -0.39 is 22.3 Å². The molecule has 1 aromatic heterocycles. The minimum absolute atomic E-state index is 0.158. The van der Waals surface area contributed by atoms with Gasteiger partial charge in [-0.3, -0.25) is 14.9 Å². The molecule has 6 nitrogen and oxygen atoms in total. The highest BCUT2D eigenvalue weighted by Gasteiger charge is 2.20. The number of benzene rings is 1. The third kappa shape index (κ3) is 3.35. The van der Waals surface area contributed by atoms with Crippen LogP contribution in [0.15, 0.2) is 29.1 Å². The molecule has 1 amide bonds. The molecule has 1 heterocycles. The highest BCUT2D eigenvalue weighted by Crippen LogP contribution is 2.19. The average molecular weight is 295 g/mol. The SMILES string of the molecule is O=C(NCCc1cscn1)c1ccc(F)cc1[N+](=O)[O-]. The monoisotopic (exact) mass is 295 g/mol. The molecule has 0 unspecified atom stereocenters. The van der Waals surface area contributed by atoms with Gasteiger partial charge in [0, 0.05) is 18.3 Å². The second kappa shape index (κ2) is 6.20. The van der Waals surface area contributed by atoms with Crippen molar-refractivity contribution in [2.45, 2.75) is 6.42 Å². The summed E-state index contributed by atoms with van der Waals surface area (Å²) in [6, 6.07) is 2.85. The van der Waals surface area contributed by atoms with E-state index in [2.05, 4.69) is 10.3 Å². The van der Waals surface area contributed by atoms with Gasteiger partial charge in [0.05, 0.1) is 22.2 Å². The predicted molar refractivity (Wildman–Crippen MR) is 71.2 cm³/mol. The first kappa shape index (κ1) is 14.1. The van der Waals surface area contributed by atoms with E-state index in [0.29, 0.717) is 13.0 Å². The lowest BCUT2D eigenvalue weighted by molar-refractivity contribution is -0.385. The molecular weight excluding hydrogens is 285 g/mol. The van der Waals surface area contributed by atoms with Crippen molar-refractivity contribution in [1.82, 2.24) is 10.3 Å². The third-order valence-electron chi connectivity index (χ3n) is 2.55. The number of nitro groups is 1. The molecule has 2 aromatic rings. The number of carbonyl (C=O) groups excluding carboxylic acids is 1. The number of nitrogens with zero attached hydrogens (tertiary/aromatic N) is 2. The van der Waals surface area contributed by atoms with Gasteiger partial charge in [-0.05, 0) is 12.1 Å². The van der Waals surface area contributed by atoms with Crippen molar-refractivity contribution in [2.75, 3.05) is 6.54 Å². The summed E-state index contributed by atoms with van der Waals surface area (Å²) in [7, 11) is 0. The van der Waals surface area contributed by atoms with Gasteiger partial charge in [-0.1, -0.05) is 0 Å². The Kier molecular flexibility index (Phi) is 4.36. The molecule has 20 heavy (non-hydrogen) atoms. The molecular formula is C12H10FN3O3S. The van der Waals surface area contributed by atoms with Gasteiger partial charge in [-0.2, -0.15) is 0 Å². The van der Waals surface area contributed by atoms with E-state index in [0.717, 1.165) is 23.9 Å². The van der Waals surface area contributed by atoms with Crippen LogP contribution in [0.25, 0.3) is 0 Å². The second-order valence-electron chi connectivity index (χ2n) is 3.90. The zero-order valence-corrected chi connectivity index (χ0v) is 11.0. The van der Waals surface area contributed by atoms with E-state index in [1.54, 1.807) is 5.51 Å². The van der Waals surface area contributed by atoms with Crippen molar-refractivity contribution in [3.8, 4) is 0 Å². The Labute approximate surface area is 117 Å². The molecule has 0 aliphatic carbocycles. The minimum atomic E-state index is -0.779. The van der Waals surface area contributed by atoms with Crippen LogP contribution < -0.4 is 5.32 Å². The van der Waals surface area contributed by atoms with Gasteiger partial charge in [0.1, 0.15) is 11.4 Å². The topological polar surface area (TPSA) is 85.1 Å². The minimum Gasteiger partial charge on any atom is -0.351 e. The average Bonchev–Trinajstić information content (AvgIpc) is 2.91. The van der Waals surface area contributed by atoms with Gasteiger partial charge in [-0.15, -0.1) is 11.3 Å². The Balaban J connectivity index is 2.03. The van der Waals surface area contributed by atoms with E-state index in [4.69, 9.17) is 0 Å². The molecule has 0 spiro atoms. The Morgan fingerprint density at radius 3 is 2.95 bits per heavy atom. The largest absolute Gasteiger partial charge is 0.351 e. The molecule has 0 saturated heterocycles. The molecule has 0 radical (unpaired) electrons.